The summed E-state index contributed by atoms with van der Waals surface area (Å²) in [6.45, 7) is 2.14. The monoisotopic (exact) mass is 382 g/mol. The Kier molecular flexibility index (Phi) is 5.21. The van der Waals surface area contributed by atoms with E-state index >= 15 is 0 Å². The first kappa shape index (κ1) is 18.6. The van der Waals surface area contributed by atoms with Gasteiger partial charge < -0.3 is 14.6 Å². The van der Waals surface area contributed by atoms with Gasteiger partial charge in [0.05, 0.1) is 12.5 Å². The van der Waals surface area contributed by atoms with Crippen LogP contribution in [0.25, 0.3) is 22.3 Å². The number of rotatable bonds is 5. The van der Waals surface area contributed by atoms with E-state index in [1.54, 1.807) is 36.8 Å². The summed E-state index contributed by atoms with van der Waals surface area (Å²) in [5, 5.41) is 19.5. The van der Waals surface area contributed by atoms with E-state index in [0.717, 1.165) is 39.8 Å². The Hall–Kier alpha value is -3.72. The van der Waals surface area contributed by atoms with Crippen LogP contribution in [0.5, 0.6) is 11.5 Å². The highest BCUT2D eigenvalue weighted by Crippen LogP contribution is 2.36. The molecule has 0 aliphatic carbocycles. The van der Waals surface area contributed by atoms with E-state index in [-0.39, 0.29) is 11.5 Å². The largest absolute Gasteiger partial charge is 0.508 e. The average molecular weight is 382 g/mol. The van der Waals surface area contributed by atoms with Crippen LogP contribution in [0.2, 0.25) is 0 Å². The highest BCUT2D eigenvalue weighted by molar-refractivity contribution is 5.99. The Morgan fingerprint density at radius 3 is 1.86 bits per heavy atom. The lowest BCUT2D eigenvalue weighted by Crippen LogP contribution is -1.95. The third-order valence-electron chi connectivity index (χ3n) is 5.03. The van der Waals surface area contributed by atoms with Crippen molar-refractivity contribution >= 4 is 11.1 Å². The summed E-state index contributed by atoms with van der Waals surface area (Å²) < 4.78 is 5.24. The second-order valence-corrected chi connectivity index (χ2v) is 6.89. The molecular formula is C26H22O3. The van der Waals surface area contributed by atoms with Crippen molar-refractivity contribution < 1.29 is 14.6 Å². The summed E-state index contributed by atoms with van der Waals surface area (Å²) in [6, 6.07) is 24.9. The van der Waals surface area contributed by atoms with Crippen LogP contribution in [0, 0.1) is 0 Å². The number of benzene rings is 3. The molecule has 29 heavy (non-hydrogen) atoms. The van der Waals surface area contributed by atoms with E-state index in [9.17, 15) is 10.2 Å². The zero-order valence-corrected chi connectivity index (χ0v) is 16.2. The van der Waals surface area contributed by atoms with E-state index in [4.69, 9.17) is 4.42 Å². The first-order chi connectivity index (χ1) is 14.2. The minimum absolute atomic E-state index is 0.235. The van der Waals surface area contributed by atoms with Crippen LogP contribution in [-0.4, -0.2) is 10.2 Å². The number of hydrogen-bond acceptors (Lipinski definition) is 3. The smallest absolute Gasteiger partial charge is 0.115 e. The molecule has 3 heteroatoms. The second kappa shape index (κ2) is 8.11. The summed E-state index contributed by atoms with van der Waals surface area (Å²) in [6.07, 6.45) is 4.25. The molecule has 144 valence electrons. The molecule has 0 aliphatic heterocycles. The fourth-order valence-corrected chi connectivity index (χ4v) is 3.61. The lowest BCUT2D eigenvalue weighted by molar-refractivity contribution is 0.475. The van der Waals surface area contributed by atoms with Crippen molar-refractivity contribution in [2.45, 2.75) is 13.3 Å². The molecule has 0 atom stereocenters. The Bertz CT molecular complexity index is 1070. The predicted octanol–water partition coefficient (Wildman–Crippen LogP) is 6.73. The summed E-state index contributed by atoms with van der Waals surface area (Å²) in [5.74, 6) is 0.470. The van der Waals surface area contributed by atoms with E-state index in [1.807, 2.05) is 30.3 Å². The average Bonchev–Trinajstić information content (AvgIpc) is 3.29. The molecule has 0 radical (unpaired) electrons. The fraction of sp³-hybridized carbons (Fsp3) is 0.0769. The van der Waals surface area contributed by atoms with Crippen LogP contribution >= 0.6 is 0 Å². The van der Waals surface area contributed by atoms with Gasteiger partial charge in [0, 0.05) is 5.56 Å². The van der Waals surface area contributed by atoms with Crippen LogP contribution < -0.4 is 0 Å². The lowest BCUT2D eigenvalue weighted by Gasteiger charge is -2.17. The van der Waals surface area contributed by atoms with Crippen molar-refractivity contribution in [1.29, 1.82) is 0 Å². The van der Waals surface area contributed by atoms with Crippen molar-refractivity contribution in [1.82, 2.24) is 0 Å². The Labute approximate surface area is 170 Å². The van der Waals surface area contributed by atoms with Gasteiger partial charge >= 0.3 is 0 Å². The van der Waals surface area contributed by atoms with E-state index < -0.39 is 0 Å². The maximum absolute atomic E-state index is 9.74. The Morgan fingerprint density at radius 2 is 1.34 bits per heavy atom. The van der Waals surface area contributed by atoms with Crippen LogP contribution in [-0.2, 0) is 0 Å². The normalized spacial score (nSPS) is 10.7. The van der Waals surface area contributed by atoms with E-state index in [0.29, 0.717) is 0 Å². The number of phenols is 2. The molecule has 0 aliphatic rings. The predicted molar refractivity (Wildman–Crippen MR) is 117 cm³/mol. The fourth-order valence-electron chi connectivity index (χ4n) is 3.61. The molecule has 0 fully saturated rings. The highest BCUT2D eigenvalue weighted by atomic mass is 16.3. The van der Waals surface area contributed by atoms with Gasteiger partial charge in [0.2, 0.25) is 0 Å². The molecular weight excluding hydrogens is 360 g/mol. The van der Waals surface area contributed by atoms with Gasteiger partial charge in [-0.15, -0.1) is 0 Å². The summed E-state index contributed by atoms with van der Waals surface area (Å²) in [5.41, 5.74) is 7.56. The first-order valence-electron chi connectivity index (χ1n) is 9.60. The third kappa shape index (κ3) is 3.94. The Morgan fingerprint density at radius 1 is 0.724 bits per heavy atom. The number of hydrogen-bond donors (Lipinski definition) is 2. The van der Waals surface area contributed by atoms with E-state index in [2.05, 4.69) is 31.2 Å². The van der Waals surface area contributed by atoms with Crippen LogP contribution in [0.1, 0.15) is 30.0 Å². The molecule has 0 spiro atoms. The zero-order valence-electron chi connectivity index (χ0n) is 16.2. The molecule has 4 rings (SSSR count). The summed E-state index contributed by atoms with van der Waals surface area (Å²) >= 11 is 0. The maximum atomic E-state index is 9.74. The molecule has 0 bridgehead atoms. The molecule has 3 aromatic carbocycles. The van der Waals surface area contributed by atoms with Gasteiger partial charge in [-0.2, -0.15) is 0 Å². The van der Waals surface area contributed by atoms with E-state index in [1.165, 1.54) is 5.57 Å². The van der Waals surface area contributed by atoms with Gasteiger partial charge in [0.25, 0.3) is 0 Å². The van der Waals surface area contributed by atoms with Gasteiger partial charge in [-0.1, -0.05) is 49.4 Å². The van der Waals surface area contributed by atoms with Crippen LogP contribution in [0.4, 0.5) is 0 Å². The topological polar surface area (TPSA) is 53.6 Å². The summed E-state index contributed by atoms with van der Waals surface area (Å²) in [7, 11) is 0. The molecule has 0 unspecified atom stereocenters. The highest BCUT2D eigenvalue weighted by Gasteiger charge is 2.14. The van der Waals surface area contributed by atoms with Gasteiger partial charge in [0.1, 0.15) is 11.5 Å². The lowest BCUT2D eigenvalue weighted by atomic mass is 9.87. The third-order valence-corrected chi connectivity index (χ3v) is 5.03. The molecule has 3 nitrogen and oxygen atoms in total. The molecule has 2 N–H and O–H groups in total. The summed E-state index contributed by atoms with van der Waals surface area (Å²) in [4.78, 5) is 0. The SMILES string of the molecule is CCC(=C(c1ccc(O)cc1)c1ccc(O)cc1)c1cccc(-c2ccoc2)c1. The number of aromatic hydroxyl groups is 2. The zero-order chi connectivity index (χ0) is 20.2. The molecule has 0 saturated carbocycles. The van der Waals surface area contributed by atoms with Crippen LogP contribution in [0.3, 0.4) is 0 Å². The molecule has 1 aromatic heterocycles. The van der Waals surface area contributed by atoms with Gasteiger partial charge in [-0.3, -0.25) is 0 Å². The van der Waals surface area contributed by atoms with Crippen LogP contribution in [0.15, 0.2) is 95.8 Å². The first-order valence-corrected chi connectivity index (χ1v) is 9.60. The van der Waals surface area contributed by atoms with Gasteiger partial charge in [-0.05, 0) is 76.2 Å². The van der Waals surface area contributed by atoms with Crippen molar-refractivity contribution in [3.63, 3.8) is 0 Å². The number of allylic oxidation sites excluding steroid dienone is 1. The maximum Gasteiger partial charge on any atom is 0.115 e. The quantitative estimate of drug-likeness (QED) is 0.376. The number of phenolic OH excluding ortho intramolecular Hbond substituents is 2. The Balaban J connectivity index is 1.93. The standard InChI is InChI=1S/C26H22O3/c1-2-25(21-5-3-4-20(16-21)22-14-15-29-17-22)26(18-6-10-23(27)11-7-18)19-8-12-24(28)13-9-19/h3-17,27-28H,2H2,1H3. The van der Waals surface area contributed by atoms with Gasteiger partial charge in [-0.25, -0.2) is 0 Å². The van der Waals surface area contributed by atoms with Crippen molar-refractivity contribution in [3.8, 4) is 22.6 Å². The minimum atomic E-state index is 0.235. The molecule has 4 aromatic rings. The minimum Gasteiger partial charge on any atom is -0.508 e. The van der Waals surface area contributed by atoms with Gasteiger partial charge in [0.15, 0.2) is 0 Å². The molecule has 1 heterocycles. The van der Waals surface area contributed by atoms with Crippen molar-refractivity contribution in [3.05, 3.63) is 108 Å². The number of furan rings is 1. The second-order valence-electron chi connectivity index (χ2n) is 6.89. The van der Waals surface area contributed by atoms with Crippen molar-refractivity contribution in [2.75, 3.05) is 0 Å². The molecule has 0 amide bonds. The van der Waals surface area contributed by atoms with Crippen molar-refractivity contribution in [2.24, 2.45) is 0 Å². The molecule has 0 saturated heterocycles.